The van der Waals surface area contributed by atoms with Crippen LogP contribution in [0, 0.1) is 0 Å². The topological polar surface area (TPSA) is 132 Å². The van der Waals surface area contributed by atoms with E-state index in [1.807, 2.05) is 20.8 Å². The van der Waals surface area contributed by atoms with Crippen molar-refractivity contribution in [1.29, 1.82) is 0 Å². The first kappa shape index (κ1) is 29.2. The summed E-state index contributed by atoms with van der Waals surface area (Å²) in [5.74, 6) is 0.123. The summed E-state index contributed by atoms with van der Waals surface area (Å²) in [4.78, 5) is 39.5. The molecule has 0 bridgehead atoms. The van der Waals surface area contributed by atoms with Gasteiger partial charge in [-0.3, -0.25) is 14.4 Å². The first-order chi connectivity index (χ1) is 15.0. The Morgan fingerprint density at radius 2 is 0.968 bits per heavy atom. The largest absolute Gasteiger partial charge is 0.356 e. The molecule has 0 heterocycles. The predicted molar refractivity (Wildman–Crippen MR) is 125 cm³/mol. The van der Waals surface area contributed by atoms with Crippen molar-refractivity contribution in [2.45, 2.75) is 40.0 Å². The van der Waals surface area contributed by atoms with Crippen LogP contribution in [0.3, 0.4) is 0 Å². The van der Waals surface area contributed by atoms with E-state index < -0.39 is 0 Å². The highest BCUT2D eigenvalue weighted by Crippen LogP contribution is 1.96. The monoisotopic (exact) mass is 443 g/mol. The minimum absolute atomic E-state index is 0.0306. The van der Waals surface area contributed by atoms with Crippen molar-refractivity contribution in [1.82, 2.24) is 31.1 Å². The highest BCUT2D eigenvalue weighted by Gasteiger charge is 2.11. The Morgan fingerprint density at radius 1 is 0.613 bits per heavy atom. The Labute approximate surface area is 188 Å². The number of amides is 3. The third kappa shape index (κ3) is 17.6. The number of carbonyl (C=O) groups is 3. The fourth-order valence-corrected chi connectivity index (χ4v) is 3.09. The maximum atomic E-state index is 11.8. The lowest BCUT2D eigenvalue weighted by atomic mass is 10.3. The van der Waals surface area contributed by atoms with Crippen LogP contribution in [0.15, 0.2) is 0 Å². The number of carbonyl (C=O) groups excluding carboxylic acids is 3. The van der Waals surface area contributed by atoms with Crippen molar-refractivity contribution in [2.75, 3.05) is 78.5 Å². The molecule has 6 N–H and O–H groups in total. The Balaban J connectivity index is 4.30. The van der Waals surface area contributed by atoms with Crippen LogP contribution in [0.5, 0.6) is 0 Å². The van der Waals surface area contributed by atoms with E-state index in [4.69, 9.17) is 5.73 Å². The van der Waals surface area contributed by atoms with Gasteiger partial charge in [-0.25, -0.2) is 0 Å². The van der Waals surface area contributed by atoms with Crippen LogP contribution in [-0.4, -0.2) is 106 Å². The maximum Gasteiger partial charge on any atom is 0.221 e. The minimum Gasteiger partial charge on any atom is -0.356 e. The van der Waals surface area contributed by atoms with Gasteiger partial charge in [-0.15, -0.1) is 0 Å². The molecule has 0 atom stereocenters. The summed E-state index contributed by atoms with van der Waals surface area (Å²) in [6.45, 7) is 14.0. The van der Waals surface area contributed by atoms with Crippen LogP contribution < -0.4 is 27.0 Å². The summed E-state index contributed by atoms with van der Waals surface area (Å²) in [5.41, 5.74) is 5.69. The molecule has 182 valence electrons. The molecular formula is C21H45N7O3. The van der Waals surface area contributed by atoms with Gasteiger partial charge in [-0.05, 0) is 20.8 Å². The van der Waals surface area contributed by atoms with Gasteiger partial charge in [0.25, 0.3) is 0 Å². The van der Waals surface area contributed by atoms with Gasteiger partial charge in [-0.1, -0.05) is 0 Å². The number of hydrogen-bond acceptors (Lipinski definition) is 7. The van der Waals surface area contributed by atoms with E-state index in [-0.39, 0.29) is 17.7 Å². The Hall–Kier alpha value is -1.75. The third-order valence-corrected chi connectivity index (χ3v) is 4.74. The second kappa shape index (κ2) is 20.2. The summed E-state index contributed by atoms with van der Waals surface area (Å²) in [6, 6.07) is 0. The lowest BCUT2D eigenvalue weighted by Gasteiger charge is -2.24. The second-order valence-electron chi connectivity index (χ2n) is 7.33. The first-order valence-corrected chi connectivity index (χ1v) is 11.6. The number of nitrogens with two attached hydrogens (primary N) is 1. The van der Waals surface area contributed by atoms with Crippen LogP contribution >= 0.6 is 0 Å². The molecule has 10 nitrogen and oxygen atoms in total. The normalized spacial score (nSPS) is 11.0. The number of rotatable bonds is 20. The van der Waals surface area contributed by atoms with Crippen molar-refractivity contribution < 1.29 is 14.4 Å². The standard InChI is InChI=1S/C21H45N7O3/c1-4-24-19(29)7-13-27(14-8-20(30)25-5-2)17-11-23-12-18-28(16-10-22)15-9-21(31)26-6-3/h23H,4-18,22H2,1-3H3,(H,24,29)(H,25,30)(H,26,31). The molecule has 0 radical (unpaired) electrons. The molecule has 0 aromatic heterocycles. The molecule has 0 aromatic carbocycles. The quantitative estimate of drug-likeness (QED) is 0.148. The third-order valence-electron chi connectivity index (χ3n) is 4.74. The van der Waals surface area contributed by atoms with Crippen molar-refractivity contribution >= 4 is 17.7 Å². The van der Waals surface area contributed by atoms with Crippen LogP contribution in [0.2, 0.25) is 0 Å². The van der Waals surface area contributed by atoms with Crippen molar-refractivity contribution in [3.63, 3.8) is 0 Å². The van der Waals surface area contributed by atoms with Crippen LogP contribution in [-0.2, 0) is 14.4 Å². The molecule has 0 unspecified atom stereocenters. The van der Waals surface area contributed by atoms with E-state index in [0.29, 0.717) is 65.1 Å². The maximum absolute atomic E-state index is 11.8. The zero-order chi connectivity index (χ0) is 23.3. The summed E-state index contributed by atoms with van der Waals surface area (Å²) in [6.07, 6.45) is 1.32. The molecule has 0 aliphatic rings. The Morgan fingerprint density at radius 3 is 1.29 bits per heavy atom. The summed E-state index contributed by atoms with van der Waals surface area (Å²) >= 11 is 0. The average molecular weight is 444 g/mol. The van der Waals surface area contributed by atoms with Crippen molar-refractivity contribution in [3.8, 4) is 0 Å². The fraction of sp³-hybridized carbons (Fsp3) is 0.857. The van der Waals surface area contributed by atoms with Crippen LogP contribution in [0.4, 0.5) is 0 Å². The molecule has 0 saturated heterocycles. The summed E-state index contributed by atoms with van der Waals surface area (Å²) in [7, 11) is 0. The zero-order valence-corrected chi connectivity index (χ0v) is 19.8. The second-order valence-corrected chi connectivity index (χ2v) is 7.33. The SMILES string of the molecule is CCNC(=O)CCN(CCN)CCNCCN(CCC(=O)NCC)CCC(=O)NCC. The molecule has 10 heteroatoms. The molecule has 0 aromatic rings. The Kier molecular flexibility index (Phi) is 19.0. The molecule has 0 spiro atoms. The lowest BCUT2D eigenvalue weighted by Crippen LogP contribution is -2.41. The molecule has 3 amide bonds. The van der Waals surface area contributed by atoms with Crippen LogP contribution in [0.1, 0.15) is 40.0 Å². The zero-order valence-electron chi connectivity index (χ0n) is 19.8. The van der Waals surface area contributed by atoms with E-state index in [9.17, 15) is 14.4 Å². The van der Waals surface area contributed by atoms with Crippen molar-refractivity contribution in [3.05, 3.63) is 0 Å². The van der Waals surface area contributed by atoms with E-state index in [0.717, 1.165) is 32.7 Å². The molecular weight excluding hydrogens is 398 g/mol. The van der Waals surface area contributed by atoms with Gasteiger partial charge in [-0.2, -0.15) is 0 Å². The Bertz CT molecular complexity index is 470. The van der Waals surface area contributed by atoms with Gasteiger partial charge >= 0.3 is 0 Å². The van der Waals surface area contributed by atoms with Gasteiger partial charge in [0.15, 0.2) is 0 Å². The van der Waals surface area contributed by atoms with Crippen molar-refractivity contribution in [2.24, 2.45) is 5.73 Å². The average Bonchev–Trinajstić information content (AvgIpc) is 2.73. The molecule has 0 saturated carbocycles. The van der Waals surface area contributed by atoms with E-state index in [2.05, 4.69) is 31.1 Å². The fourth-order valence-electron chi connectivity index (χ4n) is 3.09. The van der Waals surface area contributed by atoms with Crippen LogP contribution in [0.25, 0.3) is 0 Å². The number of nitrogens with one attached hydrogen (secondary N) is 4. The summed E-state index contributed by atoms with van der Waals surface area (Å²) < 4.78 is 0. The highest BCUT2D eigenvalue weighted by atomic mass is 16.2. The van der Waals surface area contributed by atoms with Gasteiger partial charge < -0.3 is 36.8 Å². The molecule has 31 heavy (non-hydrogen) atoms. The van der Waals surface area contributed by atoms with E-state index in [1.165, 1.54) is 0 Å². The van der Waals surface area contributed by atoms with Gasteiger partial charge in [0, 0.05) is 97.8 Å². The molecule has 0 rings (SSSR count). The first-order valence-electron chi connectivity index (χ1n) is 11.6. The summed E-state index contributed by atoms with van der Waals surface area (Å²) in [5, 5.41) is 11.8. The van der Waals surface area contributed by atoms with Gasteiger partial charge in [0.05, 0.1) is 0 Å². The molecule has 0 fully saturated rings. The number of hydrogen-bond donors (Lipinski definition) is 5. The van der Waals surface area contributed by atoms with E-state index in [1.54, 1.807) is 0 Å². The smallest absolute Gasteiger partial charge is 0.221 e. The highest BCUT2D eigenvalue weighted by molar-refractivity contribution is 5.76. The van der Waals surface area contributed by atoms with Gasteiger partial charge in [0.2, 0.25) is 17.7 Å². The lowest BCUT2D eigenvalue weighted by molar-refractivity contribution is -0.122. The molecule has 0 aliphatic carbocycles. The number of nitrogens with zero attached hydrogens (tertiary/aromatic N) is 2. The van der Waals surface area contributed by atoms with E-state index >= 15 is 0 Å². The molecule has 0 aliphatic heterocycles. The predicted octanol–water partition coefficient (Wildman–Crippen LogP) is -1.28. The minimum atomic E-state index is 0.0306. The van der Waals surface area contributed by atoms with Gasteiger partial charge in [0.1, 0.15) is 0 Å².